The van der Waals surface area contributed by atoms with E-state index in [1.165, 1.54) is 7.11 Å². The van der Waals surface area contributed by atoms with Crippen LogP contribution in [-0.2, 0) is 9.53 Å². The Kier molecular flexibility index (Phi) is 5.68. The zero-order valence-corrected chi connectivity index (χ0v) is 16.7. The van der Waals surface area contributed by atoms with E-state index in [0.29, 0.717) is 21.4 Å². The summed E-state index contributed by atoms with van der Waals surface area (Å²) in [5, 5.41) is 4.36. The van der Waals surface area contributed by atoms with Crippen molar-refractivity contribution in [2.75, 3.05) is 19.1 Å². The Balaban J connectivity index is 2.09. The van der Waals surface area contributed by atoms with Crippen LogP contribution in [-0.4, -0.2) is 25.3 Å². The number of carbonyl (C=O) groups excluding carboxylic acids is 1. The third-order valence-electron chi connectivity index (χ3n) is 4.42. The van der Waals surface area contributed by atoms with E-state index in [9.17, 15) is 4.79 Å². The summed E-state index contributed by atoms with van der Waals surface area (Å²) in [5.41, 5.74) is 2.89. The molecule has 2 aromatic carbocycles. The number of nitrogens with one attached hydrogen (secondary N) is 1. The summed E-state index contributed by atoms with van der Waals surface area (Å²) in [5.74, 6) is 0.324. The summed E-state index contributed by atoms with van der Waals surface area (Å²) in [4.78, 5) is 14.4. The van der Waals surface area contributed by atoms with Crippen LogP contribution in [0.1, 0.15) is 18.5 Å². The molecule has 7 heteroatoms. The lowest BCUT2D eigenvalue weighted by molar-refractivity contribution is -0.136. The first-order valence-corrected chi connectivity index (χ1v) is 9.04. The smallest absolute Gasteiger partial charge is 0.337 e. The van der Waals surface area contributed by atoms with Gasteiger partial charge in [-0.05, 0) is 61.1 Å². The van der Waals surface area contributed by atoms with Crippen molar-refractivity contribution in [2.24, 2.45) is 0 Å². The number of nitrogens with zero attached hydrogens (tertiary/aromatic N) is 1. The van der Waals surface area contributed by atoms with Crippen LogP contribution in [0.5, 0.6) is 5.75 Å². The number of anilines is 1. The van der Waals surface area contributed by atoms with Gasteiger partial charge in [0, 0.05) is 16.4 Å². The third kappa shape index (κ3) is 3.77. The van der Waals surface area contributed by atoms with Gasteiger partial charge in [0.15, 0.2) is 5.11 Å². The number of hydrogen-bond acceptors (Lipinski definition) is 4. The van der Waals surface area contributed by atoms with Gasteiger partial charge in [0.1, 0.15) is 5.75 Å². The van der Waals surface area contributed by atoms with Crippen molar-refractivity contribution in [3.05, 3.63) is 70.4 Å². The highest BCUT2D eigenvalue weighted by molar-refractivity contribution is 7.80. The zero-order chi connectivity index (χ0) is 19.6. The topological polar surface area (TPSA) is 50.8 Å². The molecule has 1 aliphatic rings. The molecule has 2 aromatic rings. The Morgan fingerprint density at radius 1 is 1.11 bits per heavy atom. The standard InChI is InChI=1S/C20H19ClN2O3S/c1-12-17(19(24)26-3)18(13-4-6-14(21)7-5-13)22-20(27)23(12)15-8-10-16(25-2)11-9-15/h4-11,18H,1-3H3,(H,22,27)/t18-/m0/s1. The summed E-state index contributed by atoms with van der Waals surface area (Å²) < 4.78 is 10.2. The minimum atomic E-state index is -0.420. The van der Waals surface area contributed by atoms with E-state index < -0.39 is 12.0 Å². The maximum absolute atomic E-state index is 12.6. The molecule has 5 nitrogen and oxygen atoms in total. The lowest BCUT2D eigenvalue weighted by atomic mass is 9.95. The fourth-order valence-corrected chi connectivity index (χ4v) is 3.55. The molecule has 27 heavy (non-hydrogen) atoms. The number of hydrogen-bond donors (Lipinski definition) is 1. The van der Waals surface area contributed by atoms with Crippen LogP contribution in [0.25, 0.3) is 0 Å². The maximum Gasteiger partial charge on any atom is 0.337 e. The van der Waals surface area contributed by atoms with E-state index >= 15 is 0 Å². The number of benzene rings is 2. The Bertz CT molecular complexity index is 894. The first-order valence-electron chi connectivity index (χ1n) is 8.25. The van der Waals surface area contributed by atoms with Crippen LogP contribution in [0.2, 0.25) is 5.02 Å². The Morgan fingerprint density at radius 3 is 2.30 bits per heavy atom. The molecule has 1 atom stereocenters. The first kappa shape index (κ1) is 19.2. The number of carbonyl (C=O) groups is 1. The second-order valence-corrected chi connectivity index (χ2v) is 6.78. The molecule has 0 fully saturated rings. The van der Waals surface area contributed by atoms with E-state index in [4.69, 9.17) is 33.3 Å². The molecule has 0 amide bonds. The van der Waals surface area contributed by atoms with Gasteiger partial charge >= 0.3 is 5.97 Å². The molecule has 1 heterocycles. The van der Waals surface area contributed by atoms with E-state index in [1.54, 1.807) is 19.2 Å². The summed E-state index contributed by atoms with van der Waals surface area (Å²) in [6.45, 7) is 1.85. The van der Waals surface area contributed by atoms with Crippen LogP contribution in [0.15, 0.2) is 59.8 Å². The van der Waals surface area contributed by atoms with Crippen molar-refractivity contribution in [3.8, 4) is 5.75 Å². The zero-order valence-electron chi connectivity index (χ0n) is 15.2. The van der Waals surface area contributed by atoms with E-state index in [2.05, 4.69) is 5.32 Å². The quantitative estimate of drug-likeness (QED) is 0.610. The van der Waals surface area contributed by atoms with Gasteiger partial charge in [0.05, 0.1) is 25.8 Å². The average molecular weight is 403 g/mol. The number of thiocarbonyl (C=S) groups is 1. The number of halogens is 1. The number of allylic oxidation sites excluding steroid dienone is 1. The number of rotatable bonds is 4. The lowest BCUT2D eigenvalue weighted by Crippen LogP contribution is -2.48. The molecule has 1 N–H and O–H groups in total. The molecule has 0 aromatic heterocycles. The minimum absolute atomic E-state index is 0.416. The molecule has 0 bridgehead atoms. The largest absolute Gasteiger partial charge is 0.497 e. The van der Waals surface area contributed by atoms with Crippen molar-refractivity contribution in [1.29, 1.82) is 0 Å². The summed E-state index contributed by atoms with van der Waals surface area (Å²) in [6.07, 6.45) is 0. The minimum Gasteiger partial charge on any atom is -0.497 e. The summed E-state index contributed by atoms with van der Waals surface area (Å²) in [6, 6.07) is 14.3. The number of esters is 1. The SMILES string of the molecule is COC(=O)C1=C(C)N(c2ccc(OC)cc2)C(=S)N[C@H]1c1ccc(Cl)cc1. The molecule has 3 rings (SSSR count). The molecule has 0 unspecified atom stereocenters. The highest BCUT2D eigenvalue weighted by Crippen LogP contribution is 2.35. The fourth-order valence-electron chi connectivity index (χ4n) is 3.06. The van der Waals surface area contributed by atoms with Crippen molar-refractivity contribution in [1.82, 2.24) is 5.32 Å². The Morgan fingerprint density at radius 2 is 1.74 bits per heavy atom. The number of ether oxygens (including phenoxy) is 2. The predicted molar refractivity (Wildman–Crippen MR) is 110 cm³/mol. The molecule has 0 saturated carbocycles. The van der Waals surface area contributed by atoms with Crippen LogP contribution in [0, 0.1) is 0 Å². The Labute approximate surface area is 168 Å². The van der Waals surface area contributed by atoms with E-state index in [-0.39, 0.29) is 0 Å². The normalized spacial score (nSPS) is 16.8. The lowest BCUT2D eigenvalue weighted by Gasteiger charge is -2.37. The molecule has 0 spiro atoms. The van der Waals surface area contributed by atoms with Crippen molar-refractivity contribution >= 4 is 40.6 Å². The number of methoxy groups -OCH3 is 2. The third-order valence-corrected chi connectivity index (χ3v) is 4.98. The van der Waals surface area contributed by atoms with E-state index in [1.807, 2.05) is 48.2 Å². The molecule has 1 aliphatic heterocycles. The summed E-state index contributed by atoms with van der Waals surface area (Å²) in [7, 11) is 2.98. The van der Waals surface area contributed by atoms with Crippen molar-refractivity contribution in [3.63, 3.8) is 0 Å². The molecular formula is C20H19ClN2O3S. The maximum atomic E-state index is 12.6. The van der Waals surface area contributed by atoms with Crippen LogP contribution >= 0.6 is 23.8 Å². The summed E-state index contributed by atoms with van der Waals surface area (Å²) >= 11 is 11.6. The molecule has 0 radical (unpaired) electrons. The van der Waals surface area contributed by atoms with Crippen LogP contribution in [0.4, 0.5) is 5.69 Å². The van der Waals surface area contributed by atoms with Gasteiger partial charge < -0.3 is 14.8 Å². The van der Waals surface area contributed by atoms with Crippen molar-refractivity contribution < 1.29 is 14.3 Å². The highest BCUT2D eigenvalue weighted by Gasteiger charge is 2.35. The Hall–Kier alpha value is -2.57. The van der Waals surface area contributed by atoms with Gasteiger partial charge in [-0.15, -0.1) is 0 Å². The van der Waals surface area contributed by atoms with Gasteiger partial charge in [-0.2, -0.15) is 0 Å². The van der Waals surface area contributed by atoms with Gasteiger partial charge in [-0.25, -0.2) is 4.79 Å². The van der Waals surface area contributed by atoms with Crippen molar-refractivity contribution in [2.45, 2.75) is 13.0 Å². The van der Waals surface area contributed by atoms with Gasteiger partial charge in [-0.3, -0.25) is 4.90 Å². The van der Waals surface area contributed by atoms with E-state index in [0.717, 1.165) is 17.0 Å². The van der Waals surface area contributed by atoms with Gasteiger partial charge in [0.2, 0.25) is 0 Å². The molecule has 0 aliphatic carbocycles. The predicted octanol–water partition coefficient (Wildman–Crippen LogP) is 4.23. The highest BCUT2D eigenvalue weighted by atomic mass is 35.5. The molecular weight excluding hydrogens is 384 g/mol. The molecule has 0 saturated heterocycles. The average Bonchev–Trinajstić information content (AvgIpc) is 2.68. The fraction of sp³-hybridized carbons (Fsp3) is 0.200. The van der Waals surface area contributed by atoms with Gasteiger partial charge in [-0.1, -0.05) is 23.7 Å². The van der Waals surface area contributed by atoms with Gasteiger partial charge in [0.25, 0.3) is 0 Å². The monoisotopic (exact) mass is 402 g/mol. The van der Waals surface area contributed by atoms with Crippen LogP contribution in [0.3, 0.4) is 0 Å². The first-order chi connectivity index (χ1) is 13.0. The second-order valence-electron chi connectivity index (χ2n) is 5.96. The second kappa shape index (κ2) is 7.98. The molecule has 140 valence electrons. The van der Waals surface area contributed by atoms with Crippen LogP contribution < -0.4 is 15.0 Å².